The lowest BCUT2D eigenvalue weighted by molar-refractivity contribution is -0.106. The first-order valence-electron chi connectivity index (χ1n) is 5.94. The first kappa shape index (κ1) is 17.6. The number of nitrogens with one attached hydrogen (secondary N) is 1. The molecule has 0 spiro atoms. The van der Waals surface area contributed by atoms with Crippen LogP contribution >= 0.6 is 11.6 Å². The lowest BCUT2D eigenvalue weighted by Crippen LogP contribution is -2.46. The van der Waals surface area contributed by atoms with Crippen LogP contribution in [0.1, 0.15) is 38.1 Å². The van der Waals surface area contributed by atoms with Crippen LogP contribution in [0.2, 0.25) is 5.02 Å². The highest BCUT2D eigenvalue weighted by atomic mass is 35.5. The second-order valence-corrected chi connectivity index (χ2v) is 5.56. The van der Waals surface area contributed by atoms with E-state index in [0.29, 0.717) is 10.6 Å². The number of Topliss-reactive ketones (excluding diaryl/α,β-unsaturated/α-hetero) is 1. The molecule has 5 heteroatoms. The standard InChI is InChI=1S/C13H18ClNO.CH3NO/c1-9(15-13(2,3)4)12(16)10-6-5-7-11(14)8-10;2-1-3/h5-9,15H,1-4H3;1H,(H2,2,3). The molecule has 1 rings (SSSR count). The molecule has 0 radical (unpaired) electrons. The minimum atomic E-state index is -0.210. The number of primary amides is 1. The third-order valence-electron chi connectivity index (χ3n) is 2.15. The molecule has 1 aromatic rings. The Hall–Kier alpha value is -1.39. The van der Waals surface area contributed by atoms with Crippen LogP contribution in [0, 0.1) is 0 Å². The molecule has 0 aromatic heterocycles. The van der Waals surface area contributed by atoms with E-state index in [1.807, 2.05) is 27.7 Å². The highest BCUT2D eigenvalue weighted by Gasteiger charge is 2.20. The molecule has 0 aliphatic rings. The molecule has 106 valence electrons. The van der Waals surface area contributed by atoms with E-state index in [9.17, 15) is 4.79 Å². The number of carbonyl (C=O) groups excluding carboxylic acids is 2. The molecule has 19 heavy (non-hydrogen) atoms. The zero-order valence-electron chi connectivity index (χ0n) is 11.7. The van der Waals surface area contributed by atoms with E-state index < -0.39 is 0 Å². The third kappa shape index (κ3) is 7.59. The van der Waals surface area contributed by atoms with Crippen molar-refractivity contribution in [2.75, 3.05) is 0 Å². The first-order valence-corrected chi connectivity index (χ1v) is 6.32. The molecule has 1 amide bonds. The molecule has 3 N–H and O–H groups in total. The number of hydrogen-bond donors (Lipinski definition) is 2. The number of rotatable bonds is 3. The molecule has 0 aliphatic heterocycles. The van der Waals surface area contributed by atoms with Gasteiger partial charge in [0, 0.05) is 16.1 Å². The molecule has 0 heterocycles. The van der Waals surface area contributed by atoms with Crippen molar-refractivity contribution in [2.45, 2.75) is 39.3 Å². The maximum Gasteiger partial charge on any atom is 0.204 e. The van der Waals surface area contributed by atoms with Crippen LogP contribution in [0.3, 0.4) is 0 Å². The van der Waals surface area contributed by atoms with E-state index in [0.717, 1.165) is 0 Å². The first-order chi connectivity index (χ1) is 8.71. The fourth-order valence-corrected chi connectivity index (χ4v) is 1.80. The molecule has 0 aliphatic carbocycles. The van der Waals surface area contributed by atoms with Gasteiger partial charge in [-0.3, -0.25) is 9.59 Å². The Morgan fingerprint density at radius 2 is 1.95 bits per heavy atom. The summed E-state index contributed by atoms with van der Waals surface area (Å²) >= 11 is 5.85. The highest BCUT2D eigenvalue weighted by Crippen LogP contribution is 2.13. The predicted molar refractivity (Wildman–Crippen MR) is 78.4 cm³/mol. The molecular formula is C14H21ClN2O2. The van der Waals surface area contributed by atoms with Crippen molar-refractivity contribution in [3.8, 4) is 0 Å². The summed E-state index contributed by atoms with van der Waals surface area (Å²) in [5.41, 5.74) is 4.74. The maximum absolute atomic E-state index is 12.1. The maximum atomic E-state index is 12.1. The largest absolute Gasteiger partial charge is 0.372 e. The summed E-state index contributed by atoms with van der Waals surface area (Å²) in [6.07, 6.45) is 0.250. The fourth-order valence-electron chi connectivity index (χ4n) is 1.61. The third-order valence-corrected chi connectivity index (χ3v) is 2.39. The van der Waals surface area contributed by atoms with Gasteiger partial charge in [0.05, 0.1) is 6.04 Å². The van der Waals surface area contributed by atoms with E-state index in [1.165, 1.54) is 0 Å². The Labute approximate surface area is 119 Å². The highest BCUT2D eigenvalue weighted by molar-refractivity contribution is 6.31. The van der Waals surface area contributed by atoms with Crippen molar-refractivity contribution in [1.82, 2.24) is 5.32 Å². The van der Waals surface area contributed by atoms with Gasteiger partial charge in [0.2, 0.25) is 6.41 Å². The predicted octanol–water partition coefficient (Wildman–Crippen LogP) is 2.40. The minimum Gasteiger partial charge on any atom is -0.372 e. The van der Waals surface area contributed by atoms with Gasteiger partial charge in [-0.2, -0.15) is 0 Å². The van der Waals surface area contributed by atoms with Gasteiger partial charge in [-0.1, -0.05) is 23.7 Å². The minimum absolute atomic E-state index is 0.0671. The molecule has 1 atom stereocenters. The Balaban J connectivity index is 0.000000982. The molecule has 4 nitrogen and oxygen atoms in total. The number of nitrogens with two attached hydrogens (primary N) is 1. The Morgan fingerprint density at radius 3 is 2.37 bits per heavy atom. The summed E-state index contributed by atoms with van der Waals surface area (Å²) in [5, 5.41) is 3.84. The van der Waals surface area contributed by atoms with Crippen molar-refractivity contribution in [1.29, 1.82) is 0 Å². The van der Waals surface area contributed by atoms with Crippen molar-refractivity contribution in [3.05, 3.63) is 34.9 Å². The molecule has 1 aromatic carbocycles. The van der Waals surface area contributed by atoms with E-state index in [-0.39, 0.29) is 23.8 Å². The zero-order valence-corrected chi connectivity index (χ0v) is 12.5. The van der Waals surface area contributed by atoms with Gasteiger partial charge >= 0.3 is 0 Å². The van der Waals surface area contributed by atoms with Crippen LogP contribution in [-0.4, -0.2) is 23.8 Å². The Bertz CT molecular complexity index is 428. The summed E-state index contributed by atoms with van der Waals surface area (Å²) in [6.45, 7) is 7.98. The van der Waals surface area contributed by atoms with Gasteiger partial charge in [0.15, 0.2) is 5.78 Å². The van der Waals surface area contributed by atoms with Gasteiger partial charge in [-0.15, -0.1) is 0 Å². The number of ketones is 1. The van der Waals surface area contributed by atoms with Crippen molar-refractivity contribution >= 4 is 23.8 Å². The number of carbonyl (C=O) groups is 2. The van der Waals surface area contributed by atoms with Crippen molar-refractivity contribution < 1.29 is 9.59 Å². The number of amides is 1. The second-order valence-electron chi connectivity index (χ2n) is 5.13. The van der Waals surface area contributed by atoms with E-state index in [4.69, 9.17) is 16.4 Å². The quantitative estimate of drug-likeness (QED) is 0.661. The molecule has 0 bridgehead atoms. The van der Waals surface area contributed by atoms with Gasteiger partial charge < -0.3 is 11.1 Å². The smallest absolute Gasteiger partial charge is 0.204 e. The molecule has 0 saturated carbocycles. The van der Waals surface area contributed by atoms with Gasteiger partial charge in [0.25, 0.3) is 0 Å². The van der Waals surface area contributed by atoms with Crippen LogP contribution in [0.4, 0.5) is 0 Å². The number of hydrogen-bond acceptors (Lipinski definition) is 3. The SMILES string of the molecule is CC(NC(C)(C)C)C(=O)c1cccc(Cl)c1.NC=O. The lowest BCUT2D eigenvalue weighted by atomic mass is 10.0. The lowest BCUT2D eigenvalue weighted by Gasteiger charge is -2.25. The van der Waals surface area contributed by atoms with E-state index in [1.54, 1.807) is 24.3 Å². The summed E-state index contributed by atoms with van der Waals surface area (Å²) in [6, 6.07) is 6.83. The average molecular weight is 285 g/mol. The van der Waals surface area contributed by atoms with Crippen LogP contribution in [0.5, 0.6) is 0 Å². The monoisotopic (exact) mass is 284 g/mol. The number of halogens is 1. The van der Waals surface area contributed by atoms with Crippen LogP contribution in [0.25, 0.3) is 0 Å². The van der Waals surface area contributed by atoms with Gasteiger partial charge in [-0.25, -0.2) is 0 Å². The van der Waals surface area contributed by atoms with Crippen molar-refractivity contribution in [3.63, 3.8) is 0 Å². The summed E-state index contributed by atoms with van der Waals surface area (Å²) < 4.78 is 0. The van der Waals surface area contributed by atoms with Gasteiger partial charge in [0.1, 0.15) is 0 Å². The van der Waals surface area contributed by atoms with Gasteiger partial charge in [-0.05, 0) is 39.8 Å². The Kier molecular flexibility index (Phi) is 7.34. The zero-order chi connectivity index (χ0) is 15.1. The fraction of sp³-hybridized carbons (Fsp3) is 0.429. The topological polar surface area (TPSA) is 72.2 Å². The van der Waals surface area contributed by atoms with E-state index >= 15 is 0 Å². The summed E-state index contributed by atoms with van der Waals surface area (Å²) in [4.78, 5) is 20.6. The number of benzene rings is 1. The summed E-state index contributed by atoms with van der Waals surface area (Å²) in [5.74, 6) is 0.0671. The second kappa shape index (κ2) is 7.92. The molecular weight excluding hydrogens is 264 g/mol. The molecule has 0 saturated heterocycles. The molecule has 0 fully saturated rings. The van der Waals surface area contributed by atoms with Crippen molar-refractivity contribution in [2.24, 2.45) is 5.73 Å². The van der Waals surface area contributed by atoms with Crippen LogP contribution < -0.4 is 11.1 Å². The van der Waals surface area contributed by atoms with Crippen LogP contribution in [0.15, 0.2) is 24.3 Å². The van der Waals surface area contributed by atoms with Crippen LogP contribution in [-0.2, 0) is 4.79 Å². The normalized spacial score (nSPS) is 12.1. The average Bonchev–Trinajstić information content (AvgIpc) is 2.26. The Morgan fingerprint density at radius 1 is 1.42 bits per heavy atom. The summed E-state index contributed by atoms with van der Waals surface area (Å²) in [7, 11) is 0. The molecule has 1 unspecified atom stereocenters. The van der Waals surface area contributed by atoms with E-state index in [2.05, 4.69) is 11.1 Å².